The fourth-order valence-electron chi connectivity index (χ4n) is 4.13. The van der Waals surface area contributed by atoms with Gasteiger partial charge in [-0.15, -0.1) is 11.8 Å². The molecule has 1 amide bonds. The Morgan fingerprint density at radius 2 is 1.96 bits per heavy atom. The van der Waals surface area contributed by atoms with Crippen LogP contribution in [0, 0.1) is 5.92 Å². The summed E-state index contributed by atoms with van der Waals surface area (Å²) in [4.78, 5) is 14.9. The molecule has 2 rings (SSSR count). The predicted octanol–water partition coefficient (Wildman–Crippen LogP) is -0.857. The summed E-state index contributed by atoms with van der Waals surface area (Å²) < 4.78 is 5.72. The molecule has 2 fully saturated rings. The van der Waals surface area contributed by atoms with Gasteiger partial charge in [0.25, 0.3) is 0 Å². The molecule has 5 N–H and O–H groups in total. The van der Waals surface area contributed by atoms with Gasteiger partial charge < -0.3 is 30.5 Å². The smallest absolute Gasteiger partial charge is 0.237 e. The molecule has 2 aliphatic heterocycles. The molecule has 0 radical (unpaired) electrons. The standard InChI is InChI=1S/C18H34N2O6S/c1-5-6-10-7-11(20(3)8-10)17(25)19-12(9(2)21)16-14(23)13(22)15(24)18(26-16)27-4/h9-16,18,21-24H,5-8H2,1-4H3,(H,19,25)/t9-,10+,11+,12+,13-,14+,15+,16-,18+/m0/s1. The number of carbonyl (C=O) groups is 1. The number of likely N-dealkylation sites (N-methyl/N-ethyl adjacent to an activating group) is 1. The Morgan fingerprint density at radius 3 is 2.52 bits per heavy atom. The molecule has 9 atom stereocenters. The van der Waals surface area contributed by atoms with Crippen LogP contribution < -0.4 is 5.32 Å². The van der Waals surface area contributed by atoms with Crippen molar-refractivity contribution >= 4 is 17.7 Å². The topological polar surface area (TPSA) is 122 Å². The van der Waals surface area contributed by atoms with E-state index in [1.54, 1.807) is 6.26 Å². The van der Waals surface area contributed by atoms with Crippen LogP contribution in [0.5, 0.6) is 0 Å². The summed E-state index contributed by atoms with van der Waals surface area (Å²) in [5.74, 6) is 0.245. The molecule has 27 heavy (non-hydrogen) atoms. The number of likely N-dealkylation sites (tertiary alicyclic amines) is 1. The number of rotatable bonds is 7. The number of aliphatic hydroxyl groups is 4. The van der Waals surface area contributed by atoms with Crippen LogP contribution in [0.4, 0.5) is 0 Å². The third-order valence-corrected chi connectivity index (χ3v) is 6.51. The van der Waals surface area contributed by atoms with Crippen molar-refractivity contribution in [2.24, 2.45) is 5.92 Å². The molecule has 0 aromatic heterocycles. The number of hydrogen-bond acceptors (Lipinski definition) is 8. The maximum absolute atomic E-state index is 12.8. The summed E-state index contributed by atoms with van der Waals surface area (Å²) in [6.45, 7) is 4.48. The van der Waals surface area contributed by atoms with Crippen LogP contribution in [0.15, 0.2) is 0 Å². The van der Waals surface area contributed by atoms with Crippen molar-refractivity contribution < 1.29 is 30.0 Å². The lowest BCUT2D eigenvalue weighted by Crippen LogP contribution is -2.65. The molecule has 2 aliphatic rings. The molecule has 0 unspecified atom stereocenters. The average molecular weight is 407 g/mol. The fraction of sp³-hybridized carbons (Fsp3) is 0.944. The van der Waals surface area contributed by atoms with Gasteiger partial charge in [0.05, 0.1) is 18.2 Å². The van der Waals surface area contributed by atoms with E-state index in [1.807, 2.05) is 11.9 Å². The molecule has 0 aliphatic carbocycles. The highest BCUT2D eigenvalue weighted by Gasteiger charge is 2.48. The van der Waals surface area contributed by atoms with Gasteiger partial charge in [0.1, 0.15) is 29.9 Å². The van der Waals surface area contributed by atoms with E-state index in [0.29, 0.717) is 5.92 Å². The van der Waals surface area contributed by atoms with Crippen molar-refractivity contribution in [3.8, 4) is 0 Å². The van der Waals surface area contributed by atoms with Crippen molar-refractivity contribution in [1.29, 1.82) is 0 Å². The second-order valence-corrected chi connectivity index (χ2v) is 8.73. The van der Waals surface area contributed by atoms with Crippen LogP contribution in [0.2, 0.25) is 0 Å². The van der Waals surface area contributed by atoms with E-state index in [0.717, 1.165) is 25.8 Å². The lowest BCUT2D eigenvalue weighted by molar-refractivity contribution is -0.211. The summed E-state index contributed by atoms with van der Waals surface area (Å²) in [5.41, 5.74) is -0.755. The highest BCUT2D eigenvalue weighted by molar-refractivity contribution is 7.99. The number of aliphatic hydroxyl groups excluding tert-OH is 4. The van der Waals surface area contributed by atoms with Gasteiger partial charge in [0.2, 0.25) is 5.91 Å². The number of nitrogens with zero attached hydrogens (tertiary/aromatic N) is 1. The predicted molar refractivity (Wildman–Crippen MR) is 103 cm³/mol. The maximum Gasteiger partial charge on any atom is 0.237 e. The van der Waals surface area contributed by atoms with Crippen molar-refractivity contribution in [2.45, 2.75) is 81.1 Å². The summed E-state index contributed by atoms with van der Waals surface area (Å²) in [6.07, 6.45) is -1.50. The second kappa shape index (κ2) is 9.87. The molecule has 0 aromatic carbocycles. The first-order valence-electron chi connectivity index (χ1n) is 9.62. The molecule has 8 nitrogen and oxygen atoms in total. The third kappa shape index (κ3) is 5.14. The van der Waals surface area contributed by atoms with Crippen molar-refractivity contribution in [3.05, 3.63) is 0 Å². The molecule has 2 saturated heterocycles. The van der Waals surface area contributed by atoms with Crippen LogP contribution in [-0.4, -0.2) is 99.1 Å². The molecular weight excluding hydrogens is 372 g/mol. The first kappa shape index (κ1) is 22.9. The van der Waals surface area contributed by atoms with E-state index in [4.69, 9.17) is 4.74 Å². The van der Waals surface area contributed by atoms with Crippen molar-refractivity contribution in [2.75, 3.05) is 19.8 Å². The largest absolute Gasteiger partial charge is 0.391 e. The van der Waals surface area contributed by atoms with Gasteiger partial charge >= 0.3 is 0 Å². The first-order chi connectivity index (χ1) is 12.7. The molecule has 0 spiro atoms. The Kier molecular flexibility index (Phi) is 8.35. The second-order valence-electron chi connectivity index (χ2n) is 7.80. The molecular formula is C18H34N2O6S. The molecule has 9 heteroatoms. The van der Waals surface area contributed by atoms with Crippen LogP contribution in [0.25, 0.3) is 0 Å². The summed E-state index contributed by atoms with van der Waals surface area (Å²) in [5, 5.41) is 43.5. The van der Waals surface area contributed by atoms with Gasteiger partial charge in [0, 0.05) is 6.54 Å². The minimum Gasteiger partial charge on any atom is -0.391 e. The Labute approximate surface area is 165 Å². The molecule has 158 valence electrons. The van der Waals surface area contributed by atoms with E-state index < -0.39 is 42.0 Å². The summed E-state index contributed by atoms with van der Waals surface area (Å²) in [6, 6.07) is -1.20. The Morgan fingerprint density at radius 1 is 1.30 bits per heavy atom. The Hall–Kier alpha value is -0.420. The number of nitrogens with one attached hydrogen (secondary N) is 1. The third-order valence-electron chi connectivity index (χ3n) is 5.66. The van der Waals surface area contributed by atoms with E-state index in [2.05, 4.69) is 12.2 Å². The lowest BCUT2D eigenvalue weighted by Gasteiger charge is -2.44. The highest BCUT2D eigenvalue weighted by Crippen LogP contribution is 2.30. The number of carbonyl (C=O) groups excluding carboxylic acids is 1. The SMILES string of the molecule is CCC[C@@H]1C[C@H](C(=O)N[C@@H]([C@@H]2O[C@H](SC)[C@H](O)[C@@H](O)[C@H]2O)[C@H](C)O)N(C)C1. The number of ether oxygens (including phenoxy) is 1. The minimum atomic E-state index is -1.42. The Bertz CT molecular complexity index is 494. The number of amides is 1. The summed E-state index contributed by atoms with van der Waals surface area (Å²) in [7, 11) is 1.91. The van der Waals surface area contributed by atoms with Gasteiger partial charge in [-0.3, -0.25) is 9.69 Å². The van der Waals surface area contributed by atoms with Crippen LogP contribution in [0.3, 0.4) is 0 Å². The van der Waals surface area contributed by atoms with Crippen LogP contribution in [0.1, 0.15) is 33.1 Å². The molecule has 0 aromatic rings. The molecule has 0 saturated carbocycles. The van der Waals surface area contributed by atoms with Gasteiger partial charge in [-0.05, 0) is 39.0 Å². The van der Waals surface area contributed by atoms with Gasteiger partial charge in [-0.25, -0.2) is 0 Å². The van der Waals surface area contributed by atoms with E-state index >= 15 is 0 Å². The highest BCUT2D eigenvalue weighted by atomic mass is 32.2. The van der Waals surface area contributed by atoms with E-state index in [-0.39, 0.29) is 11.9 Å². The van der Waals surface area contributed by atoms with Crippen molar-refractivity contribution in [1.82, 2.24) is 10.2 Å². The van der Waals surface area contributed by atoms with Gasteiger partial charge in [-0.1, -0.05) is 13.3 Å². The monoisotopic (exact) mass is 406 g/mol. The Balaban J connectivity index is 2.09. The van der Waals surface area contributed by atoms with E-state index in [9.17, 15) is 25.2 Å². The van der Waals surface area contributed by atoms with Gasteiger partial charge in [-0.2, -0.15) is 0 Å². The maximum atomic E-state index is 12.8. The summed E-state index contributed by atoms with van der Waals surface area (Å²) >= 11 is 1.20. The number of thioether (sulfide) groups is 1. The molecule has 2 heterocycles. The van der Waals surface area contributed by atoms with E-state index in [1.165, 1.54) is 18.7 Å². The first-order valence-corrected chi connectivity index (χ1v) is 10.9. The fourth-order valence-corrected chi connectivity index (χ4v) is 4.81. The molecule has 0 bridgehead atoms. The zero-order valence-electron chi connectivity index (χ0n) is 16.5. The minimum absolute atomic E-state index is 0.223. The average Bonchev–Trinajstić information content (AvgIpc) is 2.99. The lowest BCUT2D eigenvalue weighted by atomic mass is 9.92. The normalized spacial score (nSPS) is 39.9. The van der Waals surface area contributed by atoms with Gasteiger partial charge in [0.15, 0.2) is 0 Å². The van der Waals surface area contributed by atoms with Crippen LogP contribution in [-0.2, 0) is 9.53 Å². The zero-order valence-corrected chi connectivity index (χ0v) is 17.3. The van der Waals surface area contributed by atoms with Crippen molar-refractivity contribution in [3.63, 3.8) is 0 Å². The number of hydrogen-bond donors (Lipinski definition) is 5. The zero-order chi connectivity index (χ0) is 20.3. The van der Waals surface area contributed by atoms with Crippen LogP contribution >= 0.6 is 11.8 Å². The quantitative estimate of drug-likeness (QED) is 0.370.